The molecule has 0 bridgehead atoms. The summed E-state index contributed by atoms with van der Waals surface area (Å²) >= 11 is 0. The van der Waals surface area contributed by atoms with E-state index in [9.17, 15) is 13.2 Å². The predicted molar refractivity (Wildman–Crippen MR) is 84.0 cm³/mol. The fourth-order valence-electron chi connectivity index (χ4n) is 2.50. The minimum atomic E-state index is -3.42. The summed E-state index contributed by atoms with van der Waals surface area (Å²) in [7, 11) is -1.33. The summed E-state index contributed by atoms with van der Waals surface area (Å²) in [6.45, 7) is 4.83. The quantitative estimate of drug-likeness (QED) is 0.763. The molecule has 7 heteroatoms. The molecule has 122 valence electrons. The molecule has 1 unspecified atom stereocenters. The molecule has 1 aliphatic heterocycles. The number of benzene rings is 1. The van der Waals surface area contributed by atoms with E-state index in [1.165, 1.54) is 11.8 Å². The van der Waals surface area contributed by atoms with E-state index in [0.29, 0.717) is 24.5 Å². The number of hydrogen-bond donors (Lipinski definition) is 2. The van der Waals surface area contributed by atoms with E-state index in [1.54, 1.807) is 28.6 Å². The molecule has 1 atom stereocenters. The van der Waals surface area contributed by atoms with Gasteiger partial charge in [0.2, 0.25) is 15.9 Å². The SMILES string of the molecule is CC(=O)NCc1ccc(S(=O)(=O)N2CCC[NH+](C)CC2)cc1. The Kier molecular flexibility index (Phi) is 5.55. The number of nitrogens with one attached hydrogen (secondary N) is 2. The number of carbonyl (C=O) groups excluding carboxylic acids is 1. The minimum absolute atomic E-state index is 0.104. The lowest BCUT2D eigenvalue weighted by Gasteiger charge is -2.19. The number of carbonyl (C=O) groups is 1. The molecule has 0 spiro atoms. The van der Waals surface area contributed by atoms with Gasteiger partial charge in [0.15, 0.2) is 0 Å². The van der Waals surface area contributed by atoms with Gasteiger partial charge in [-0.25, -0.2) is 8.42 Å². The molecule has 1 aliphatic rings. The van der Waals surface area contributed by atoms with Gasteiger partial charge in [0.25, 0.3) is 0 Å². The summed E-state index contributed by atoms with van der Waals surface area (Å²) in [5.41, 5.74) is 0.884. The molecule has 1 fully saturated rings. The lowest BCUT2D eigenvalue weighted by molar-refractivity contribution is -0.877. The van der Waals surface area contributed by atoms with Crippen molar-refractivity contribution >= 4 is 15.9 Å². The molecule has 2 rings (SSSR count). The summed E-state index contributed by atoms with van der Waals surface area (Å²) in [5, 5.41) is 2.69. The molecular weight excluding hydrogens is 302 g/mol. The van der Waals surface area contributed by atoms with Gasteiger partial charge in [0.05, 0.1) is 31.6 Å². The first-order valence-electron chi connectivity index (χ1n) is 7.54. The van der Waals surface area contributed by atoms with Crippen LogP contribution in [0.25, 0.3) is 0 Å². The highest BCUT2D eigenvalue weighted by Gasteiger charge is 2.27. The van der Waals surface area contributed by atoms with Crippen LogP contribution in [0.15, 0.2) is 29.2 Å². The zero-order valence-electron chi connectivity index (χ0n) is 13.1. The lowest BCUT2D eigenvalue weighted by Crippen LogP contribution is -3.09. The molecular formula is C15H24N3O3S+. The Morgan fingerprint density at radius 2 is 1.91 bits per heavy atom. The van der Waals surface area contributed by atoms with Gasteiger partial charge in [-0.15, -0.1) is 0 Å². The molecule has 1 heterocycles. The zero-order chi connectivity index (χ0) is 16.2. The normalized spacial score (nSPS) is 20.4. The number of quaternary nitrogens is 1. The van der Waals surface area contributed by atoms with Crippen molar-refractivity contribution in [3.05, 3.63) is 29.8 Å². The van der Waals surface area contributed by atoms with Crippen molar-refractivity contribution < 1.29 is 18.1 Å². The molecule has 0 aliphatic carbocycles. The first kappa shape index (κ1) is 16.9. The number of amides is 1. The summed E-state index contributed by atoms with van der Waals surface area (Å²) in [6, 6.07) is 6.73. The second-order valence-electron chi connectivity index (χ2n) is 5.77. The van der Waals surface area contributed by atoms with E-state index in [1.807, 2.05) is 0 Å². The highest BCUT2D eigenvalue weighted by molar-refractivity contribution is 7.89. The van der Waals surface area contributed by atoms with Crippen molar-refractivity contribution in [1.82, 2.24) is 9.62 Å². The van der Waals surface area contributed by atoms with Crippen molar-refractivity contribution in [1.29, 1.82) is 0 Å². The van der Waals surface area contributed by atoms with Gasteiger partial charge < -0.3 is 10.2 Å². The molecule has 1 amide bonds. The third-order valence-electron chi connectivity index (χ3n) is 3.90. The molecule has 22 heavy (non-hydrogen) atoms. The Morgan fingerprint density at radius 1 is 1.23 bits per heavy atom. The Morgan fingerprint density at radius 3 is 2.55 bits per heavy atom. The van der Waals surface area contributed by atoms with Gasteiger partial charge in [0.1, 0.15) is 0 Å². The van der Waals surface area contributed by atoms with E-state index in [4.69, 9.17) is 0 Å². The number of rotatable bonds is 4. The van der Waals surface area contributed by atoms with Crippen LogP contribution in [0, 0.1) is 0 Å². The van der Waals surface area contributed by atoms with Crippen molar-refractivity contribution in [2.75, 3.05) is 33.2 Å². The lowest BCUT2D eigenvalue weighted by atomic mass is 10.2. The molecule has 1 aromatic carbocycles. The molecule has 2 N–H and O–H groups in total. The predicted octanol–water partition coefficient (Wildman–Crippen LogP) is -0.768. The fourth-order valence-corrected chi connectivity index (χ4v) is 3.98. The summed E-state index contributed by atoms with van der Waals surface area (Å²) < 4.78 is 26.9. The average Bonchev–Trinajstić information content (AvgIpc) is 2.70. The largest absolute Gasteiger partial charge is 0.352 e. The monoisotopic (exact) mass is 326 g/mol. The smallest absolute Gasteiger partial charge is 0.243 e. The van der Waals surface area contributed by atoms with Gasteiger partial charge in [-0.3, -0.25) is 4.79 Å². The number of nitrogens with zero attached hydrogens (tertiary/aromatic N) is 1. The number of hydrogen-bond acceptors (Lipinski definition) is 3. The van der Waals surface area contributed by atoms with Crippen molar-refractivity contribution in [2.45, 2.75) is 24.8 Å². The number of likely N-dealkylation sites (N-methyl/N-ethyl adjacent to an activating group) is 1. The van der Waals surface area contributed by atoms with Gasteiger partial charge in [-0.1, -0.05) is 12.1 Å². The Bertz CT molecular complexity index is 613. The maximum Gasteiger partial charge on any atom is 0.243 e. The van der Waals surface area contributed by atoms with Crippen LogP contribution < -0.4 is 10.2 Å². The fraction of sp³-hybridized carbons (Fsp3) is 0.533. The Hall–Kier alpha value is -1.44. The van der Waals surface area contributed by atoms with E-state index in [-0.39, 0.29) is 5.91 Å². The van der Waals surface area contributed by atoms with Crippen molar-refractivity contribution in [2.24, 2.45) is 0 Å². The standard InChI is InChI=1S/C15H23N3O3S/c1-13(19)16-12-14-4-6-15(7-5-14)22(20,21)18-9-3-8-17(2)10-11-18/h4-7H,3,8-12H2,1-2H3,(H,16,19)/p+1. The van der Waals surface area contributed by atoms with Crippen molar-refractivity contribution in [3.63, 3.8) is 0 Å². The molecule has 1 aromatic rings. The molecule has 1 saturated heterocycles. The van der Waals surface area contributed by atoms with Crippen LogP contribution in [0.4, 0.5) is 0 Å². The highest BCUT2D eigenvalue weighted by atomic mass is 32.2. The van der Waals surface area contributed by atoms with Gasteiger partial charge in [-0.05, 0) is 17.7 Å². The summed E-state index contributed by atoms with van der Waals surface area (Å²) in [4.78, 5) is 12.6. The maximum absolute atomic E-state index is 12.7. The van der Waals surface area contributed by atoms with Crippen LogP contribution in [0.1, 0.15) is 18.9 Å². The summed E-state index contributed by atoms with van der Waals surface area (Å²) in [5.74, 6) is -0.104. The average molecular weight is 326 g/mol. The Labute approximate surface area is 132 Å². The van der Waals surface area contributed by atoms with Gasteiger partial charge in [-0.2, -0.15) is 4.31 Å². The van der Waals surface area contributed by atoms with Crippen LogP contribution >= 0.6 is 0 Å². The molecule has 0 radical (unpaired) electrons. The third-order valence-corrected chi connectivity index (χ3v) is 5.81. The van der Waals surface area contributed by atoms with E-state index < -0.39 is 10.0 Å². The summed E-state index contributed by atoms with van der Waals surface area (Å²) in [6.07, 6.45) is 0.881. The second kappa shape index (κ2) is 7.21. The Balaban J connectivity index is 2.10. The molecule has 6 nitrogen and oxygen atoms in total. The van der Waals surface area contributed by atoms with E-state index in [2.05, 4.69) is 12.4 Å². The zero-order valence-corrected chi connectivity index (χ0v) is 13.9. The van der Waals surface area contributed by atoms with Crippen LogP contribution in [0.5, 0.6) is 0 Å². The maximum atomic E-state index is 12.7. The third kappa shape index (κ3) is 4.28. The van der Waals surface area contributed by atoms with Crippen LogP contribution in [-0.4, -0.2) is 51.9 Å². The second-order valence-corrected chi connectivity index (χ2v) is 7.71. The highest BCUT2D eigenvalue weighted by Crippen LogP contribution is 2.17. The number of sulfonamides is 1. The van der Waals surface area contributed by atoms with Crippen LogP contribution in [0.2, 0.25) is 0 Å². The van der Waals surface area contributed by atoms with E-state index in [0.717, 1.165) is 25.1 Å². The van der Waals surface area contributed by atoms with Crippen LogP contribution in [-0.2, 0) is 21.4 Å². The van der Waals surface area contributed by atoms with Gasteiger partial charge in [0, 0.05) is 26.4 Å². The van der Waals surface area contributed by atoms with Crippen LogP contribution in [0.3, 0.4) is 0 Å². The first-order chi connectivity index (χ1) is 10.4. The minimum Gasteiger partial charge on any atom is -0.352 e. The van der Waals surface area contributed by atoms with Gasteiger partial charge >= 0.3 is 0 Å². The molecule has 0 aromatic heterocycles. The molecule has 0 saturated carbocycles. The van der Waals surface area contributed by atoms with E-state index >= 15 is 0 Å². The van der Waals surface area contributed by atoms with Crippen molar-refractivity contribution in [3.8, 4) is 0 Å². The topological polar surface area (TPSA) is 70.9 Å². The first-order valence-corrected chi connectivity index (χ1v) is 8.98.